The minimum Gasteiger partial charge on any atom is -0.444 e. The highest BCUT2D eigenvalue weighted by Crippen LogP contribution is 2.33. The van der Waals surface area contributed by atoms with Crippen molar-refractivity contribution in [3.8, 4) is 5.75 Å². The fourth-order valence-corrected chi connectivity index (χ4v) is 3.89. The molecule has 1 aliphatic heterocycles. The van der Waals surface area contributed by atoms with Gasteiger partial charge in [0.05, 0.1) is 12.1 Å². The second kappa shape index (κ2) is 11.8. The molecule has 0 radical (unpaired) electrons. The fourth-order valence-electron chi connectivity index (χ4n) is 3.76. The number of halogens is 4. The van der Waals surface area contributed by atoms with Crippen LogP contribution < -0.4 is 20.7 Å². The van der Waals surface area contributed by atoms with Crippen molar-refractivity contribution < 1.29 is 37.0 Å². The summed E-state index contributed by atoms with van der Waals surface area (Å²) in [6.45, 7) is 5.27. The lowest BCUT2D eigenvalue weighted by molar-refractivity contribution is -0.274. The number of urea groups is 1. The fraction of sp³-hybridized carbons (Fsp3) is 0.400. The van der Waals surface area contributed by atoms with Gasteiger partial charge in [-0.25, -0.2) is 9.59 Å². The van der Waals surface area contributed by atoms with E-state index in [2.05, 4.69) is 20.7 Å². The van der Waals surface area contributed by atoms with E-state index < -0.39 is 41.9 Å². The summed E-state index contributed by atoms with van der Waals surface area (Å²) in [7, 11) is 0. The van der Waals surface area contributed by atoms with Crippen molar-refractivity contribution in [2.24, 2.45) is 0 Å². The lowest BCUT2D eigenvalue weighted by Gasteiger charge is -2.34. The Hall–Kier alpha value is -3.67. The number of rotatable bonds is 6. The summed E-state index contributed by atoms with van der Waals surface area (Å²) in [5.74, 6) is -0.852. The predicted molar refractivity (Wildman–Crippen MR) is 133 cm³/mol. The Kier molecular flexibility index (Phi) is 8.97. The minimum atomic E-state index is -4.94. The summed E-state index contributed by atoms with van der Waals surface area (Å²) >= 11 is 6.04. The maximum atomic E-state index is 13.2. The largest absolute Gasteiger partial charge is 0.573 e. The number of ether oxygens (including phenoxy) is 2. The number of piperazine rings is 1. The van der Waals surface area contributed by atoms with Crippen molar-refractivity contribution in [1.29, 1.82) is 0 Å². The SMILES string of the molecule is CC(C)(C)OC(=O)N[C@@H](c1cccc(OC(F)(F)F)c1)[C@H](NC(=O)N1CCNC(=O)C1)c1ccc(Cl)cc1. The number of benzene rings is 2. The van der Waals surface area contributed by atoms with E-state index >= 15 is 0 Å². The number of alkyl carbamates (subject to hydrolysis) is 1. The van der Waals surface area contributed by atoms with Crippen molar-refractivity contribution in [2.75, 3.05) is 19.6 Å². The molecule has 0 aromatic heterocycles. The highest BCUT2D eigenvalue weighted by molar-refractivity contribution is 6.30. The Morgan fingerprint density at radius 3 is 2.29 bits per heavy atom. The number of nitrogens with one attached hydrogen (secondary N) is 3. The van der Waals surface area contributed by atoms with Crippen LogP contribution in [0.15, 0.2) is 48.5 Å². The molecule has 9 nitrogen and oxygen atoms in total. The van der Waals surface area contributed by atoms with Gasteiger partial charge in [-0.2, -0.15) is 0 Å². The Morgan fingerprint density at radius 1 is 1.03 bits per heavy atom. The molecule has 1 fully saturated rings. The van der Waals surface area contributed by atoms with Gasteiger partial charge in [-0.15, -0.1) is 13.2 Å². The van der Waals surface area contributed by atoms with Gasteiger partial charge in [-0.1, -0.05) is 35.9 Å². The lowest BCUT2D eigenvalue weighted by Crippen LogP contribution is -2.54. The summed E-state index contributed by atoms with van der Waals surface area (Å²) in [5, 5.41) is 8.51. The van der Waals surface area contributed by atoms with Crippen LogP contribution >= 0.6 is 11.6 Å². The molecule has 2 aromatic rings. The molecule has 2 aromatic carbocycles. The maximum Gasteiger partial charge on any atom is 0.573 e. The Labute approximate surface area is 222 Å². The third kappa shape index (κ3) is 8.72. The van der Waals surface area contributed by atoms with Gasteiger partial charge in [-0.05, 0) is 56.2 Å². The maximum absolute atomic E-state index is 13.2. The molecule has 0 spiro atoms. The quantitative estimate of drug-likeness (QED) is 0.478. The van der Waals surface area contributed by atoms with Gasteiger partial charge in [0.2, 0.25) is 5.91 Å². The number of carbonyl (C=O) groups is 3. The van der Waals surface area contributed by atoms with Gasteiger partial charge in [0.15, 0.2) is 0 Å². The average molecular weight is 557 g/mol. The first-order valence-corrected chi connectivity index (χ1v) is 12.0. The van der Waals surface area contributed by atoms with Crippen molar-refractivity contribution >= 4 is 29.6 Å². The highest BCUT2D eigenvalue weighted by atomic mass is 35.5. The number of hydrogen-bond acceptors (Lipinski definition) is 5. The van der Waals surface area contributed by atoms with E-state index in [1.54, 1.807) is 45.0 Å². The molecule has 4 amide bonds. The molecule has 3 rings (SSSR count). The molecule has 1 aliphatic rings. The first-order valence-electron chi connectivity index (χ1n) is 11.6. The zero-order valence-corrected chi connectivity index (χ0v) is 21.7. The van der Waals surface area contributed by atoms with E-state index in [9.17, 15) is 27.6 Å². The molecule has 0 unspecified atom stereocenters. The normalized spacial score (nSPS) is 15.7. The van der Waals surface area contributed by atoms with E-state index in [4.69, 9.17) is 16.3 Å². The first kappa shape index (κ1) is 28.9. The molecule has 2 atom stereocenters. The Bertz CT molecular complexity index is 1150. The Morgan fingerprint density at radius 2 is 1.68 bits per heavy atom. The van der Waals surface area contributed by atoms with Crippen LogP contribution in [0.5, 0.6) is 5.75 Å². The van der Waals surface area contributed by atoms with Gasteiger partial charge in [-0.3, -0.25) is 4.79 Å². The van der Waals surface area contributed by atoms with Crippen LogP contribution in [0.3, 0.4) is 0 Å². The van der Waals surface area contributed by atoms with Gasteiger partial charge < -0.3 is 30.3 Å². The highest BCUT2D eigenvalue weighted by Gasteiger charge is 2.34. The molecule has 13 heteroatoms. The lowest BCUT2D eigenvalue weighted by atomic mass is 9.93. The average Bonchev–Trinajstić information content (AvgIpc) is 2.80. The molecule has 206 valence electrons. The topological polar surface area (TPSA) is 109 Å². The molecular formula is C25H28ClF3N4O5. The van der Waals surface area contributed by atoms with Gasteiger partial charge in [0, 0.05) is 18.1 Å². The Balaban J connectivity index is 2.04. The smallest absolute Gasteiger partial charge is 0.444 e. The molecule has 0 saturated carbocycles. The van der Waals surface area contributed by atoms with Crippen LogP contribution in [-0.4, -0.2) is 54.5 Å². The second-order valence-corrected chi connectivity index (χ2v) is 9.93. The molecule has 0 bridgehead atoms. The van der Waals surface area contributed by atoms with Crippen LogP contribution in [0.1, 0.15) is 44.0 Å². The molecule has 1 saturated heterocycles. The third-order valence-electron chi connectivity index (χ3n) is 5.29. The molecule has 3 N–H and O–H groups in total. The van der Waals surface area contributed by atoms with Crippen LogP contribution in [0.2, 0.25) is 5.02 Å². The van der Waals surface area contributed by atoms with E-state index in [1.807, 2.05) is 0 Å². The molecule has 0 aliphatic carbocycles. The number of hydrogen-bond donors (Lipinski definition) is 3. The van der Waals surface area contributed by atoms with Crippen LogP contribution in [-0.2, 0) is 9.53 Å². The number of alkyl halides is 3. The second-order valence-electron chi connectivity index (χ2n) is 9.49. The molecule has 1 heterocycles. The van der Waals surface area contributed by atoms with Crippen LogP contribution in [0, 0.1) is 0 Å². The van der Waals surface area contributed by atoms with Crippen LogP contribution in [0.25, 0.3) is 0 Å². The van der Waals surface area contributed by atoms with E-state index in [1.165, 1.54) is 17.0 Å². The summed E-state index contributed by atoms with van der Waals surface area (Å²) < 4.78 is 48.2. The zero-order chi connectivity index (χ0) is 28.1. The monoisotopic (exact) mass is 556 g/mol. The van der Waals surface area contributed by atoms with E-state index in [0.29, 0.717) is 10.6 Å². The summed E-state index contributed by atoms with van der Waals surface area (Å²) in [6, 6.07) is 8.64. The summed E-state index contributed by atoms with van der Waals surface area (Å²) in [5.41, 5.74) is -0.211. The van der Waals surface area contributed by atoms with Gasteiger partial charge >= 0.3 is 18.5 Å². The van der Waals surface area contributed by atoms with Gasteiger partial charge in [0.1, 0.15) is 17.9 Å². The predicted octanol–water partition coefficient (Wildman–Crippen LogP) is 4.69. The van der Waals surface area contributed by atoms with Crippen molar-refractivity contribution in [3.05, 3.63) is 64.7 Å². The summed E-state index contributed by atoms with van der Waals surface area (Å²) in [4.78, 5) is 39.1. The third-order valence-corrected chi connectivity index (χ3v) is 5.54. The minimum absolute atomic E-state index is 0.182. The molecular weight excluding hydrogens is 529 g/mol. The van der Waals surface area contributed by atoms with Crippen molar-refractivity contribution in [2.45, 2.75) is 44.8 Å². The standard InChI is InChI=1S/C25H28ClF3N4O5/c1-24(2,3)38-23(36)32-21(16-5-4-6-18(13-16)37-25(27,28)29)20(15-7-9-17(26)10-8-15)31-22(35)33-12-11-30-19(34)14-33/h4-10,13,20-21H,11-12,14H2,1-3H3,(H,30,34)(H,31,35)(H,32,36)/t20-,21+/m1/s1. The number of carbonyl (C=O) groups excluding carboxylic acids is 3. The zero-order valence-electron chi connectivity index (χ0n) is 20.9. The molecule has 38 heavy (non-hydrogen) atoms. The van der Waals surface area contributed by atoms with E-state index in [-0.39, 0.29) is 31.1 Å². The van der Waals surface area contributed by atoms with Crippen molar-refractivity contribution in [1.82, 2.24) is 20.9 Å². The number of amides is 4. The van der Waals surface area contributed by atoms with Crippen LogP contribution in [0.4, 0.5) is 22.8 Å². The first-order chi connectivity index (χ1) is 17.7. The number of nitrogens with zero attached hydrogens (tertiary/aromatic N) is 1. The van der Waals surface area contributed by atoms with E-state index in [0.717, 1.165) is 12.1 Å². The van der Waals surface area contributed by atoms with Gasteiger partial charge in [0.25, 0.3) is 0 Å². The summed E-state index contributed by atoms with van der Waals surface area (Å²) in [6.07, 6.45) is -5.80. The van der Waals surface area contributed by atoms with Crippen molar-refractivity contribution in [3.63, 3.8) is 0 Å².